The van der Waals surface area contributed by atoms with Crippen LogP contribution in [-0.2, 0) is 4.79 Å². The molecule has 2 fully saturated rings. The Bertz CT molecular complexity index is 818. The van der Waals surface area contributed by atoms with E-state index in [0.717, 1.165) is 18.4 Å². The van der Waals surface area contributed by atoms with E-state index in [1.54, 1.807) is 17.0 Å². The highest BCUT2D eigenvalue weighted by Gasteiger charge is 2.33. The number of amides is 2. The highest BCUT2D eigenvalue weighted by atomic mass is 16.3. The highest BCUT2D eigenvalue weighted by Crippen LogP contribution is 2.26. The lowest BCUT2D eigenvalue weighted by Crippen LogP contribution is -2.53. The Morgan fingerprint density at radius 2 is 1.72 bits per heavy atom. The molecule has 2 aliphatic rings. The van der Waals surface area contributed by atoms with E-state index in [0.29, 0.717) is 31.9 Å². The molecule has 4 rings (SSSR count). The van der Waals surface area contributed by atoms with Gasteiger partial charge in [0.15, 0.2) is 5.76 Å². The predicted molar refractivity (Wildman–Crippen MR) is 111 cm³/mol. The fourth-order valence-electron chi connectivity index (χ4n) is 4.37. The molecule has 0 unspecified atom stereocenters. The van der Waals surface area contributed by atoms with Crippen molar-refractivity contribution in [3.63, 3.8) is 0 Å². The van der Waals surface area contributed by atoms with Crippen molar-refractivity contribution in [2.75, 3.05) is 26.2 Å². The van der Waals surface area contributed by atoms with Gasteiger partial charge in [-0.2, -0.15) is 0 Å². The second-order valence-electron chi connectivity index (χ2n) is 8.11. The second-order valence-corrected chi connectivity index (χ2v) is 8.11. The quantitative estimate of drug-likeness (QED) is 0.845. The number of carbonyl (C=O) groups excluding carboxylic acids is 2. The summed E-state index contributed by atoms with van der Waals surface area (Å²) >= 11 is 0. The topological polar surface area (TPSA) is 65.8 Å². The Labute approximate surface area is 171 Å². The number of carbonyl (C=O) groups is 2. The van der Waals surface area contributed by atoms with Gasteiger partial charge >= 0.3 is 0 Å². The molecule has 1 aromatic carbocycles. The van der Waals surface area contributed by atoms with Gasteiger partial charge in [0.1, 0.15) is 6.04 Å². The predicted octanol–water partition coefficient (Wildman–Crippen LogP) is 3.15. The molecule has 0 bridgehead atoms. The summed E-state index contributed by atoms with van der Waals surface area (Å²) in [5.41, 5.74) is 2.19. The maximum Gasteiger partial charge on any atom is 0.289 e. The van der Waals surface area contributed by atoms with Gasteiger partial charge in [-0.1, -0.05) is 42.7 Å². The van der Waals surface area contributed by atoms with Gasteiger partial charge in [-0.25, -0.2) is 0 Å². The molecule has 6 heteroatoms. The van der Waals surface area contributed by atoms with Gasteiger partial charge in [0, 0.05) is 32.2 Å². The van der Waals surface area contributed by atoms with E-state index in [2.05, 4.69) is 41.4 Å². The number of aryl methyl sites for hydroxylation is 1. The molecule has 0 spiro atoms. The Hall–Kier alpha value is -2.60. The molecule has 1 aliphatic heterocycles. The molecular formula is C23H29N3O3. The van der Waals surface area contributed by atoms with Gasteiger partial charge in [0.25, 0.3) is 5.91 Å². The number of furan rings is 1. The number of nitrogens with zero attached hydrogens (tertiary/aromatic N) is 2. The summed E-state index contributed by atoms with van der Waals surface area (Å²) in [5.74, 6) is 0.357. The highest BCUT2D eigenvalue weighted by molar-refractivity contribution is 5.91. The first-order valence-electron chi connectivity index (χ1n) is 10.6. The third-order valence-corrected chi connectivity index (χ3v) is 6.04. The molecule has 1 saturated carbocycles. The maximum absolute atomic E-state index is 13.2. The van der Waals surface area contributed by atoms with E-state index in [-0.39, 0.29) is 23.9 Å². The fraction of sp³-hybridized carbons (Fsp3) is 0.478. The molecule has 2 aromatic rings. The Kier molecular flexibility index (Phi) is 6.00. The van der Waals surface area contributed by atoms with E-state index in [1.165, 1.54) is 24.7 Å². The van der Waals surface area contributed by atoms with E-state index in [4.69, 9.17) is 4.42 Å². The van der Waals surface area contributed by atoms with Gasteiger partial charge in [-0.15, -0.1) is 0 Å². The maximum atomic E-state index is 13.2. The minimum atomic E-state index is -0.322. The molecule has 2 amide bonds. The van der Waals surface area contributed by atoms with Gasteiger partial charge in [0.2, 0.25) is 5.91 Å². The van der Waals surface area contributed by atoms with Crippen LogP contribution in [0.2, 0.25) is 0 Å². The van der Waals surface area contributed by atoms with Crippen LogP contribution >= 0.6 is 0 Å². The summed E-state index contributed by atoms with van der Waals surface area (Å²) in [7, 11) is 0. The van der Waals surface area contributed by atoms with Gasteiger partial charge in [-0.3, -0.25) is 14.5 Å². The Morgan fingerprint density at radius 3 is 2.34 bits per heavy atom. The summed E-state index contributed by atoms with van der Waals surface area (Å²) in [4.78, 5) is 29.8. The van der Waals surface area contributed by atoms with Crippen LogP contribution in [0.5, 0.6) is 0 Å². The number of hydrogen-bond acceptors (Lipinski definition) is 4. The molecular weight excluding hydrogens is 366 g/mol. The monoisotopic (exact) mass is 395 g/mol. The van der Waals surface area contributed by atoms with Crippen LogP contribution in [0.1, 0.15) is 53.4 Å². The van der Waals surface area contributed by atoms with E-state index < -0.39 is 0 Å². The van der Waals surface area contributed by atoms with Crippen LogP contribution < -0.4 is 5.32 Å². The summed E-state index contributed by atoms with van der Waals surface area (Å²) < 4.78 is 5.25. The van der Waals surface area contributed by atoms with Gasteiger partial charge in [-0.05, 0) is 37.5 Å². The molecule has 1 saturated heterocycles. The zero-order valence-corrected chi connectivity index (χ0v) is 17.0. The molecule has 154 valence electrons. The number of nitrogens with one attached hydrogen (secondary N) is 1. The van der Waals surface area contributed by atoms with Crippen LogP contribution in [0, 0.1) is 6.92 Å². The largest absolute Gasteiger partial charge is 0.459 e. The molecule has 29 heavy (non-hydrogen) atoms. The first-order chi connectivity index (χ1) is 14.1. The number of hydrogen-bond donors (Lipinski definition) is 1. The summed E-state index contributed by atoms with van der Waals surface area (Å²) in [6.07, 6.45) is 6.03. The SMILES string of the molecule is Cc1ccc([C@H](C(=O)NC2CCCC2)N2CCN(C(=O)c3ccco3)CC2)cc1. The zero-order valence-electron chi connectivity index (χ0n) is 17.0. The van der Waals surface area contributed by atoms with Crippen molar-refractivity contribution < 1.29 is 14.0 Å². The second kappa shape index (κ2) is 8.82. The summed E-state index contributed by atoms with van der Waals surface area (Å²) in [5, 5.41) is 3.27. The third kappa shape index (κ3) is 4.53. The van der Waals surface area contributed by atoms with E-state index in [1.807, 2.05) is 0 Å². The molecule has 1 aromatic heterocycles. The number of rotatable bonds is 5. The van der Waals surface area contributed by atoms with Gasteiger partial charge < -0.3 is 14.6 Å². The Morgan fingerprint density at radius 1 is 1.03 bits per heavy atom. The molecule has 1 aliphatic carbocycles. The summed E-state index contributed by atoms with van der Waals surface area (Å²) in [6.45, 7) is 4.53. The summed E-state index contributed by atoms with van der Waals surface area (Å²) in [6, 6.07) is 11.6. The fourth-order valence-corrected chi connectivity index (χ4v) is 4.37. The van der Waals surface area contributed by atoms with Crippen LogP contribution in [0.25, 0.3) is 0 Å². The number of benzene rings is 1. The number of piperazine rings is 1. The van der Waals surface area contributed by atoms with Crippen LogP contribution in [0.3, 0.4) is 0 Å². The van der Waals surface area contributed by atoms with Crippen LogP contribution in [-0.4, -0.2) is 53.8 Å². The lowest BCUT2D eigenvalue weighted by Gasteiger charge is -2.39. The van der Waals surface area contributed by atoms with Crippen molar-refractivity contribution in [2.24, 2.45) is 0 Å². The molecule has 1 N–H and O–H groups in total. The van der Waals surface area contributed by atoms with Crippen molar-refractivity contribution >= 4 is 11.8 Å². The Balaban J connectivity index is 1.47. The first-order valence-corrected chi connectivity index (χ1v) is 10.6. The normalized spacial score (nSPS) is 19.3. The molecule has 6 nitrogen and oxygen atoms in total. The van der Waals surface area contributed by atoms with E-state index >= 15 is 0 Å². The minimum absolute atomic E-state index is 0.0755. The first kappa shape index (κ1) is 19.7. The van der Waals surface area contributed by atoms with Crippen molar-refractivity contribution in [3.8, 4) is 0 Å². The van der Waals surface area contributed by atoms with Crippen molar-refractivity contribution in [3.05, 3.63) is 59.5 Å². The third-order valence-electron chi connectivity index (χ3n) is 6.04. The van der Waals surface area contributed by atoms with Gasteiger partial charge in [0.05, 0.1) is 6.26 Å². The van der Waals surface area contributed by atoms with Crippen molar-refractivity contribution in [2.45, 2.75) is 44.7 Å². The van der Waals surface area contributed by atoms with Crippen molar-refractivity contribution in [1.82, 2.24) is 15.1 Å². The van der Waals surface area contributed by atoms with Crippen molar-refractivity contribution in [1.29, 1.82) is 0 Å². The molecule has 1 atom stereocenters. The zero-order chi connectivity index (χ0) is 20.2. The lowest BCUT2D eigenvalue weighted by atomic mass is 10.0. The lowest BCUT2D eigenvalue weighted by molar-refractivity contribution is -0.128. The molecule has 2 heterocycles. The van der Waals surface area contributed by atoms with Crippen LogP contribution in [0.15, 0.2) is 47.1 Å². The van der Waals surface area contributed by atoms with E-state index in [9.17, 15) is 9.59 Å². The minimum Gasteiger partial charge on any atom is -0.459 e. The standard InChI is InChI=1S/C23H29N3O3/c1-17-8-10-18(11-9-17)21(22(27)24-19-5-2-3-6-19)25-12-14-26(15-13-25)23(28)20-7-4-16-29-20/h4,7-11,16,19,21H,2-3,5-6,12-15H2,1H3,(H,24,27)/t21-/m1/s1. The average molecular weight is 396 g/mol. The average Bonchev–Trinajstić information content (AvgIpc) is 3.44. The smallest absolute Gasteiger partial charge is 0.289 e. The van der Waals surface area contributed by atoms with Crippen LogP contribution in [0.4, 0.5) is 0 Å². The molecule has 0 radical (unpaired) electrons.